The number of nitrogens with one attached hydrogen (secondary N) is 1. The molecule has 90 valence electrons. The van der Waals surface area contributed by atoms with Crippen LogP contribution in [-0.4, -0.2) is 10.2 Å². The molecule has 4 heteroatoms. The summed E-state index contributed by atoms with van der Waals surface area (Å²) >= 11 is 4.86. The first-order valence-electron chi connectivity index (χ1n) is 5.68. The van der Waals surface area contributed by atoms with E-state index in [0.717, 1.165) is 6.42 Å². The van der Waals surface area contributed by atoms with Gasteiger partial charge in [-0.05, 0) is 48.7 Å². The molecule has 2 aromatic rings. The van der Waals surface area contributed by atoms with Gasteiger partial charge in [0, 0.05) is 6.42 Å². The molecule has 0 aliphatic rings. The first kappa shape index (κ1) is 12.0. The summed E-state index contributed by atoms with van der Waals surface area (Å²) in [4.78, 5) is 0.340. The van der Waals surface area contributed by atoms with Crippen molar-refractivity contribution in [1.29, 1.82) is 0 Å². The highest BCUT2D eigenvalue weighted by Crippen LogP contribution is 2.21. The molecule has 1 atom stereocenters. The van der Waals surface area contributed by atoms with Crippen LogP contribution < -0.4 is 0 Å². The van der Waals surface area contributed by atoms with E-state index in [0.29, 0.717) is 16.6 Å². The second-order valence-corrected chi connectivity index (χ2v) is 4.83. The number of nitrogens with zero attached hydrogens (tertiary/aromatic N) is 1. The van der Waals surface area contributed by atoms with Gasteiger partial charge in [-0.3, -0.25) is 0 Å². The minimum atomic E-state index is 0.340. The van der Waals surface area contributed by atoms with Crippen LogP contribution in [0.5, 0.6) is 0 Å². The van der Waals surface area contributed by atoms with Crippen molar-refractivity contribution in [2.45, 2.75) is 33.1 Å². The number of aromatic amines is 1. The number of aryl methyl sites for hydroxylation is 2. The second-order valence-electron chi connectivity index (χ2n) is 4.46. The van der Waals surface area contributed by atoms with Gasteiger partial charge in [-0.15, -0.1) is 5.10 Å². The van der Waals surface area contributed by atoms with Crippen molar-refractivity contribution in [3.05, 3.63) is 45.6 Å². The van der Waals surface area contributed by atoms with Gasteiger partial charge in [-0.2, -0.15) is 0 Å². The fraction of sp³-hybridized carbons (Fsp3) is 0.385. The van der Waals surface area contributed by atoms with Crippen molar-refractivity contribution in [2.24, 2.45) is 0 Å². The Labute approximate surface area is 106 Å². The Bertz CT molecular complexity index is 571. The van der Waals surface area contributed by atoms with E-state index in [2.05, 4.69) is 49.2 Å². The third-order valence-corrected chi connectivity index (χ3v) is 3.24. The molecule has 2 rings (SSSR count). The highest BCUT2D eigenvalue weighted by Gasteiger charge is 2.10. The van der Waals surface area contributed by atoms with Gasteiger partial charge in [0.05, 0.1) is 0 Å². The Morgan fingerprint density at radius 2 is 2.12 bits per heavy atom. The molecule has 1 unspecified atom stereocenters. The summed E-state index contributed by atoms with van der Waals surface area (Å²) in [5.41, 5.74) is 3.94. The smallest absolute Gasteiger partial charge is 0.284 e. The fourth-order valence-electron chi connectivity index (χ4n) is 1.80. The van der Waals surface area contributed by atoms with Crippen LogP contribution in [-0.2, 0) is 6.42 Å². The maximum absolute atomic E-state index is 5.28. The standard InChI is InChI=1S/C13H16N2OS/c1-8-4-5-11(6-9(8)2)10(3)7-12-14-15-13(17)16-12/h4-6,10H,7H2,1-3H3,(H,15,17). The third kappa shape index (κ3) is 2.82. The molecule has 0 aliphatic carbocycles. The summed E-state index contributed by atoms with van der Waals surface area (Å²) in [6.45, 7) is 6.42. The van der Waals surface area contributed by atoms with Crippen LogP contribution in [0.2, 0.25) is 0 Å². The largest absolute Gasteiger partial charge is 0.414 e. The quantitative estimate of drug-likeness (QED) is 0.842. The van der Waals surface area contributed by atoms with E-state index >= 15 is 0 Å². The lowest BCUT2D eigenvalue weighted by atomic mass is 9.95. The molecule has 0 bridgehead atoms. The van der Waals surface area contributed by atoms with Crippen LogP contribution in [0.4, 0.5) is 0 Å². The lowest BCUT2D eigenvalue weighted by molar-refractivity contribution is 0.466. The average Bonchev–Trinajstić information content (AvgIpc) is 2.68. The first-order valence-corrected chi connectivity index (χ1v) is 6.08. The zero-order valence-corrected chi connectivity index (χ0v) is 11.1. The van der Waals surface area contributed by atoms with Crippen molar-refractivity contribution in [3.8, 4) is 0 Å². The first-order chi connectivity index (χ1) is 8.06. The molecule has 1 N–H and O–H groups in total. The molecule has 0 saturated heterocycles. The molecule has 1 aromatic heterocycles. The zero-order chi connectivity index (χ0) is 12.4. The second kappa shape index (κ2) is 4.84. The lowest BCUT2D eigenvalue weighted by Gasteiger charge is -2.11. The lowest BCUT2D eigenvalue weighted by Crippen LogP contribution is -1.99. The van der Waals surface area contributed by atoms with Crippen molar-refractivity contribution >= 4 is 12.2 Å². The highest BCUT2D eigenvalue weighted by molar-refractivity contribution is 7.71. The van der Waals surface area contributed by atoms with Gasteiger partial charge in [-0.25, -0.2) is 5.10 Å². The van der Waals surface area contributed by atoms with Crippen molar-refractivity contribution in [3.63, 3.8) is 0 Å². The number of benzene rings is 1. The number of hydrogen-bond acceptors (Lipinski definition) is 3. The Morgan fingerprint density at radius 1 is 1.35 bits per heavy atom. The topological polar surface area (TPSA) is 41.8 Å². The Hall–Kier alpha value is -1.42. The van der Waals surface area contributed by atoms with Crippen LogP contribution in [0, 0.1) is 18.7 Å². The molecule has 0 spiro atoms. The minimum Gasteiger partial charge on any atom is -0.414 e. The minimum absolute atomic E-state index is 0.340. The predicted molar refractivity (Wildman–Crippen MR) is 69.7 cm³/mol. The van der Waals surface area contributed by atoms with E-state index in [1.54, 1.807) is 0 Å². The normalized spacial score (nSPS) is 12.6. The van der Waals surface area contributed by atoms with Gasteiger partial charge < -0.3 is 4.42 Å². The van der Waals surface area contributed by atoms with E-state index in [1.165, 1.54) is 16.7 Å². The molecule has 0 amide bonds. The SMILES string of the molecule is Cc1ccc(C(C)Cc2n[nH]c(=S)o2)cc1C. The third-order valence-electron chi connectivity index (χ3n) is 3.06. The molecule has 1 aromatic carbocycles. The van der Waals surface area contributed by atoms with E-state index in [-0.39, 0.29) is 0 Å². The summed E-state index contributed by atoms with van der Waals surface area (Å²) in [5, 5.41) is 6.67. The van der Waals surface area contributed by atoms with Crippen LogP contribution in [0.1, 0.15) is 35.4 Å². The van der Waals surface area contributed by atoms with Crippen molar-refractivity contribution in [2.75, 3.05) is 0 Å². The van der Waals surface area contributed by atoms with E-state index in [9.17, 15) is 0 Å². The van der Waals surface area contributed by atoms with Gasteiger partial charge in [0.2, 0.25) is 5.89 Å². The van der Waals surface area contributed by atoms with Gasteiger partial charge in [0.25, 0.3) is 4.84 Å². The molecule has 0 radical (unpaired) electrons. The van der Waals surface area contributed by atoms with E-state index < -0.39 is 0 Å². The highest BCUT2D eigenvalue weighted by atomic mass is 32.1. The van der Waals surface area contributed by atoms with Crippen LogP contribution in [0.3, 0.4) is 0 Å². The maximum Gasteiger partial charge on any atom is 0.284 e. The monoisotopic (exact) mass is 248 g/mol. The van der Waals surface area contributed by atoms with E-state index in [1.807, 2.05) is 0 Å². The average molecular weight is 248 g/mol. The number of H-pyrrole nitrogens is 1. The molecule has 3 nitrogen and oxygen atoms in total. The molecule has 0 fully saturated rings. The maximum atomic E-state index is 5.28. The van der Waals surface area contributed by atoms with Gasteiger partial charge in [0.1, 0.15) is 0 Å². The molecular weight excluding hydrogens is 232 g/mol. The zero-order valence-electron chi connectivity index (χ0n) is 10.3. The number of aromatic nitrogens is 2. The predicted octanol–water partition coefficient (Wildman–Crippen LogP) is 3.70. The summed E-state index contributed by atoms with van der Waals surface area (Å²) in [5.74, 6) is 1.04. The summed E-state index contributed by atoms with van der Waals surface area (Å²) in [6, 6.07) is 6.54. The molecule has 0 aliphatic heterocycles. The summed E-state index contributed by atoms with van der Waals surface area (Å²) < 4.78 is 5.28. The molecule has 0 saturated carbocycles. The molecule has 1 heterocycles. The Balaban J connectivity index is 2.16. The number of hydrogen-bond donors (Lipinski definition) is 1. The van der Waals surface area contributed by atoms with Gasteiger partial charge in [0.15, 0.2) is 0 Å². The Morgan fingerprint density at radius 3 is 2.71 bits per heavy atom. The fourth-order valence-corrected chi connectivity index (χ4v) is 1.94. The Kier molecular flexibility index (Phi) is 3.43. The molecule has 17 heavy (non-hydrogen) atoms. The summed E-state index contributed by atoms with van der Waals surface area (Å²) in [7, 11) is 0. The van der Waals surface area contributed by atoms with Crippen molar-refractivity contribution < 1.29 is 4.42 Å². The van der Waals surface area contributed by atoms with Gasteiger partial charge in [-0.1, -0.05) is 25.1 Å². The number of rotatable bonds is 3. The van der Waals surface area contributed by atoms with Gasteiger partial charge >= 0.3 is 0 Å². The van der Waals surface area contributed by atoms with Crippen LogP contribution in [0.25, 0.3) is 0 Å². The van der Waals surface area contributed by atoms with Crippen molar-refractivity contribution in [1.82, 2.24) is 10.2 Å². The summed E-state index contributed by atoms with van der Waals surface area (Å²) in [6.07, 6.45) is 0.760. The molecular formula is C13H16N2OS. The van der Waals surface area contributed by atoms with E-state index in [4.69, 9.17) is 16.6 Å². The van der Waals surface area contributed by atoms with Crippen LogP contribution >= 0.6 is 12.2 Å². The van der Waals surface area contributed by atoms with Crippen LogP contribution in [0.15, 0.2) is 22.6 Å².